The largest absolute Gasteiger partial charge is 0.383 e. The number of amides is 1. The fraction of sp³-hybridized carbons (Fsp3) is 0.562. The van der Waals surface area contributed by atoms with Gasteiger partial charge in [-0.05, 0) is 43.0 Å². The van der Waals surface area contributed by atoms with E-state index in [0.29, 0.717) is 26.1 Å². The second-order valence-electron chi connectivity index (χ2n) is 5.13. The molecule has 4 heteroatoms. The van der Waals surface area contributed by atoms with Crippen molar-refractivity contribution in [3.63, 3.8) is 0 Å². The van der Waals surface area contributed by atoms with Gasteiger partial charge in [-0.15, -0.1) is 0 Å². The summed E-state index contributed by atoms with van der Waals surface area (Å²) in [5.74, 6) is 0.0614. The van der Waals surface area contributed by atoms with E-state index in [2.05, 4.69) is 43.5 Å². The van der Waals surface area contributed by atoms with Crippen LogP contribution in [0.1, 0.15) is 28.7 Å². The van der Waals surface area contributed by atoms with Gasteiger partial charge >= 0.3 is 0 Å². The molecule has 20 heavy (non-hydrogen) atoms. The molecule has 0 fully saturated rings. The zero-order valence-corrected chi connectivity index (χ0v) is 13.0. The number of rotatable bonds is 8. The van der Waals surface area contributed by atoms with Gasteiger partial charge in [0, 0.05) is 33.2 Å². The highest BCUT2D eigenvalue weighted by atomic mass is 16.5. The summed E-state index contributed by atoms with van der Waals surface area (Å²) in [5.41, 5.74) is 5.23. The van der Waals surface area contributed by atoms with Crippen LogP contribution in [-0.2, 0) is 16.1 Å². The third-order valence-corrected chi connectivity index (χ3v) is 3.42. The second-order valence-corrected chi connectivity index (χ2v) is 5.13. The first-order valence-electron chi connectivity index (χ1n) is 7.07. The van der Waals surface area contributed by atoms with Crippen molar-refractivity contribution in [2.45, 2.75) is 33.7 Å². The van der Waals surface area contributed by atoms with Gasteiger partial charge in [0.1, 0.15) is 0 Å². The number of methoxy groups -OCH3 is 1. The molecule has 0 heterocycles. The summed E-state index contributed by atoms with van der Waals surface area (Å²) >= 11 is 0. The molecule has 112 valence electrons. The zero-order chi connectivity index (χ0) is 15.0. The average molecular weight is 278 g/mol. The molecule has 1 rings (SSSR count). The lowest BCUT2D eigenvalue weighted by molar-refractivity contribution is -0.121. The Kier molecular flexibility index (Phi) is 7.26. The van der Waals surface area contributed by atoms with Crippen molar-refractivity contribution in [3.8, 4) is 0 Å². The Labute approximate surface area is 121 Å². The third-order valence-electron chi connectivity index (χ3n) is 3.42. The summed E-state index contributed by atoms with van der Waals surface area (Å²) in [5, 5.41) is 6.12. The Hall–Kier alpha value is -1.39. The number of carbonyl (C=O) groups is 1. The highest BCUT2D eigenvalue weighted by molar-refractivity contribution is 5.76. The lowest BCUT2D eigenvalue weighted by Gasteiger charge is -2.11. The van der Waals surface area contributed by atoms with Crippen LogP contribution in [0.3, 0.4) is 0 Å². The van der Waals surface area contributed by atoms with Crippen LogP contribution in [0.5, 0.6) is 0 Å². The van der Waals surface area contributed by atoms with E-state index in [1.54, 1.807) is 7.11 Å². The Morgan fingerprint density at radius 3 is 2.50 bits per heavy atom. The highest BCUT2D eigenvalue weighted by Crippen LogP contribution is 2.14. The van der Waals surface area contributed by atoms with Crippen LogP contribution < -0.4 is 10.6 Å². The minimum Gasteiger partial charge on any atom is -0.383 e. The standard InChI is InChI=1S/C16H26N2O2/c1-12-9-14(3)15(10-13(12)2)11-17-6-5-16(19)18-7-8-20-4/h9-10,17H,5-8,11H2,1-4H3,(H,18,19). The average Bonchev–Trinajstić information content (AvgIpc) is 2.40. The molecule has 1 aromatic rings. The first kappa shape index (κ1) is 16.7. The van der Waals surface area contributed by atoms with Gasteiger partial charge in [0.2, 0.25) is 5.91 Å². The second kappa shape index (κ2) is 8.72. The van der Waals surface area contributed by atoms with E-state index >= 15 is 0 Å². The maximum Gasteiger partial charge on any atom is 0.221 e. The predicted octanol–water partition coefficient (Wildman–Crippen LogP) is 1.85. The quantitative estimate of drug-likeness (QED) is 0.714. The van der Waals surface area contributed by atoms with Crippen molar-refractivity contribution >= 4 is 5.91 Å². The molecule has 4 nitrogen and oxygen atoms in total. The van der Waals surface area contributed by atoms with Gasteiger partial charge < -0.3 is 15.4 Å². The first-order valence-corrected chi connectivity index (χ1v) is 7.07. The zero-order valence-electron chi connectivity index (χ0n) is 13.0. The molecular formula is C16H26N2O2. The van der Waals surface area contributed by atoms with Crippen LogP contribution in [-0.4, -0.2) is 32.7 Å². The third kappa shape index (κ3) is 5.72. The molecule has 0 atom stereocenters. The number of hydrogen-bond acceptors (Lipinski definition) is 3. The molecule has 0 saturated heterocycles. The van der Waals surface area contributed by atoms with Gasteiger partial charge in [-0.25, -0.2) is 0 Å². The summed E-state index contributed by atoms with van der Waals surface area (Å²) in [6, 6.07) is 4.43. The SMILES string of the molecule is COCCNC(=O)CCNCc1cc(C)c(C)cc1C. The lowest BCUT2D eigenvalue weighted by Crippen LogP contribution is -2.30. The minimum absolute atomic E-state index is 0.0614. The van der Waals surface area contributed by atoms with Crippen molar-refractivity contribution in [1.82, 2.24) is 10.6 Å². The molecule has 2 N–H and O–H groups in total. The molecule has 0 aliphatic heterocycles. The van der Waals surface area contributed by atoms with Crippen LogP contribution in [0.4, 0.5) is 0 Å². The summed E-state index contributed by atoms with van der Waals surface area (Å²) in [6.07, 6.45) is 0.494. The molecule has 0 aromatic heterocycles. The smallest absolute Gasteiger partial charge is 0.221 e. The number of ether oxygens (including phenoxy) is 1. The number of benzene rings is 1. The van der Waals surface area contributed by atoms with Crippen molar-refractivity contribution in [3.05, 3.63) is 34.4 Å². The Bertz CT molecular complexity index is 444. The molecule has 0 spiro atoms. The molecule has 0 aliphatic carbocycles. The maximum absolute atomic E-state index is 11.5. The van der Waals surface area contributed by atoms with Crippen LogP contribution in [0.15, 0.2) is 12.1 Å². The van der Waals surface area contributed by atoms with Crippen molar-refractivity contribution in [2.24, 2.45) is 0 Å². The Morgan fingerprint density at radius 1 is 1.10 bits per heavy atom. The fourth-order valence-electron chi connectivity index (χ4n) is 2.02. The number of aryl methyl sites for hydroxylation is 3. The van der Waals surface area contributed by atoms with Gasteiger partial charge in [-0.1, -0.05) is 12.1 Å². The molecule has 0 bridgehead atoms. The molecular weight excluding hydrogens is 252 g/mol. The summed E-state index contributed by atoms with van der Waals surface area (Å²) in [6.45, 7) is 9.00. The highest BCUT2D eigenvalue weighted by Gasteiger charge is 2.03. The van der Waals surface area contributed by atoms with Crippen LogP contribution in [0, 0.1) is 20.8 Å². The van der Waals surface area contributed by atoms with Gasteiger partial charge in [0.25, 0.3) is 0 Å². The first-order chi connectivity index (χ1) is 9.54. The van der Waals surface area contributed by atoms with E-state index in [4.69, 9.17) is 4.74 Å². The summed E-state index contributed by atoms with van der Waals surface area (Å²) < 4.78 is 4.88. The summed E-state index contributed by atoms with van der Waals surface area (Å²) in [7, 11) is 1.62. The van der Waals surface area contributed by atoms with E-state index in [9.17, 15) is 4.79 Å². The van der Waals surface area contributed by atoms with E-state index in [1.165, 1.54) is 22.3 Å². The number of nitrogens with one attached hydrogen (secondary N) is 2. The topological polar surface area (TPSA) is 50.4 Å². The van der Waals surface area contributed by atoms with Gasteiger partial charge in [-0.3, -0.25) is 4.79 Å². The number of hydrogen-bond donors (Lipinski definition) is 2. The Morgan fingerprint density at radius 2 is 1.80 bits per heavy atom. The van der Waals surface area contributed by atoms with Crippen LogP contribution >= 0.6 is 0 Å². The van der Waals surface area contributed by atoms with Gasteiger partial charge in [-0.2, -0.15) is 0 Å². The lowest BCUT2D eigenvalue weighted by atomic mass is 10.0. The summed E-state index contributed by atoms with van der Waals surface area (Å²) in [4.78, 5) is 11.5. The number of carbonyl (C=O) groups excluding carboxylic acids is 1. The predicted molar refractivity (Wildman–Crippen MR) is 81.9 cm³/mol. The molecule has 0 saturated carbocycles. The fourth-order valence-corrected chi connectivity index (χ4v) is 2.02. The van der Waals surface area contributed by atoms with Gasteiger partial charge in [0.05, 0.1) is 6.61 Å². The maximum atomic E-state index is 11.5. The molecule has 0 unspecified atom stereocenters. The van der Waals surface area contributed by atoms with Crippen molar-refractivity contribution in [1.29, 1.82) is 0 Å². The molecule has 1 amide bonds. The minimum atomic E-state index is 0.0614. The van der Waals surface area contributed by atoms with E-state index in [1.807, 2.05) is 0 Å². The Balaban J connectivity index is 2.27. The van der Waals surface area contributed by atoms with Crippen LogP contribution in [0.2, 0.25) is 0 Å². The normalized spacial score (nSPS) is 10.6. The molecule has 0 radical (unpaired) electrons. The monoisotopic (exact) mass is 278 g/mol. The van der Waals surface area contributed by atoms with Crippen molar-refractivity contribution < 1.29 is 9.53 Å². The van der Waals surface area contributed by atoms with E-state index < -0.39 is 0 Å². The van der Waals surface area contributed by atoms with Crippen molar-refractivity contribution in [2.75, 3.05) is 26.8 Å². The van der Waals surface area contributed by atoms with Crippen LogP contribution in [0.25, 0.3) is 0 Å². The van der Waals surface area contributed by atoms with E-state index in [-0.39, 0.29) is 5.91 Å². The molecule has 0 aliphatic rings. The molecule has 1 aromatic carbocycles. The van der Waals surface area contributed by atoms with Gasteiger partial charge in [0.15, 0.2) is 0 Å². The van der Waals surface area contributed by atoms with E-state index in [0.717, 1.165) is 6.54 Å².